The molecule has 0 aliphatic carbocycles. The number of hydrogen-bond donors (Lipinski definition) is 1. The maximum absolute atomic E-state index is 10.8. The van der Waals surface area contributed by atoms with E-state index in [2.05, 4.69) is 4.98 Å². The molecule has 0 saturated carbocycles. The number of thiazole rings is 1. The van der Waals surface area contributed by atoms with Crippen LogP contribution in [0.25, 0.3) is 0 Å². The summed E-state index contributed by atoms with van der Waals surface area (Å²) in [5.41, 5.74) is 0. The first-order valence-electron chi connectivity index (χ1n) is 4.18. The summed E-state index contributed by atoms with van der Waals surface area (Å²) in [6, 6.07) is -0.369. The quantitative estimate of drug-likeness (QED) is 0.774. The van der Waals surface area contributed by atoms with Crippen LogP contribution in [0.2, 0.25) is 0 Å². The smallest absolute Gasteiger partial charge is 0.326 e. The van der Waals surface area contributed by atoms with Crippen LogP contribution < -0.4 is 4.90 Å². The van der Waals surface area contributed by atoms with E-state index in [9.17, 15) is 4.79 Å². The summed E-state index contributed by atoms with van der Waals surface area (Å²) in [5.74, 6) is -0.743. The van der Waals surface area contributed by atoms with E-state index in [1.54, 1.807) is 6.20 Å². The minimum absolute atomic E-state index is 0. The number of hydrogen-bond acceptors (Lipinski definition) is 4. The maximum atomic E-state index is 10.8. The molecule has 0 spiro atoms. The molecule has 6 heteroatoms. The third-order valence-electron chi connectivity index (χ3n) is 2.20. The van der Waals surface area contributed by atoms with E-state index in [4.69, 9.17) is 5.11 Å². The van der Waals surface area contributed by atoms with Crippen molar-refractivity contribution in [2.75, 3.05) is 11.4 Å². The third-order valence-corrected chi connectivity index (χ3v) is 3.01. The number of aliphatic carboxylic acids is 1. The number of anilines is 1. The second kappa shape index (κ2) is 5.57. The van der Waals surface area contributed by atoms with Crippen LogP contribution in [0.1, 0.15) is 12.8 Å². The van der Waals surface area contributed by atoms with Crippen molar-refractivity contribution < 1.29 is 9.90 Å². The number of carboxylic acid groups (broad SMARTS) is 1. The van der Waals surface area contributed by atoms with Crippen LogP contribution in [0.5, 0.6) is 0 Å². The van der Waals surface area contributed by atoms with Crippen molar-refractivity contribution in [2.24, 2.45) is 0 Å². The summed E-state index contributed by atoms with van der Waals surface area (Å²) in [4.78, 5) is 16.8. The monoisotopic (exact) mass is 237 g/mol. The molecule has 1 aliphatic rings. The van der Waals surface area contributed by atoms with E-state index in [-0.39, 0.29) is 57.4 Å². The van der Waals surface area contributed by atoms with Crippen LogP contribution in [0, 0.1) is 0 Å². The molecule has 1 aliphatic heterocycles. The zero-order valence-corrected chi connectivity index (χ0v) is 12.0. The molecule has 71 valence electrons. The van der Waals surface area contributed by atoms with E-state index in [0.717, 1.165) is 24.5 Å². The summed E-state index contributed by atoms with van der Waals surface area (Å²) in [5, 5.41) is 11.6. The fourth-order valence-corrected chi connectivity index (χ4v) is 2.33. The average Bonchev–Trinajstić information content (AvgIpc) is 2.74. The van der Waals surface area contributed by atoms with Crippen LogP contribution in [0.3, 0.4) is 0 Å². The number of rotatable bonds is 2. The Bertz CT molecular complexity index is 304. The molecule has 1 aromatic rings. The Morgan fingerprint density at radius 3 is 3.07 bits per heavy atom. The van der Waals surface area contributed by atoms with Crippen LogP contribution in [0.4, 0.5) is 5.13 Å². The Labute approximate surface area is 129 Å². The molecule has 1 fully saturated rings. The van der Waals surface area contributed by atoms with Gasteiger partial charge in [0.2, 0.25) is 0 Å². The Balaban J connectivity index is 0.000000980. The van der Waals surface area contributed by atoms with Crippen molar-refractivity contribution in [2.45, 2.75) is 18.9 Å². The Morgan fingerprint density at radius 2 is 2.50 bits per heavy atom. The maximum Gasteiger partial charge on any atom is 0.326 e. The van der Waals surface area contributed by atoms with Gasteiger partial charge in [0, 0.05) is 69.5 Å². The van der Waals surface area contributed by atoms with E-state index in [1.165, 1.54) is 11.3 Å². The van der Waals surface area contributed by atoms with Crippen molar-refractivity contribution >= 4 is 73.8 Å². The molecule has 4 nitrogen and oxygen atoms in total. The third kappa shape index (κ3) is 2.56. The number of aromatic nitrogens is 1. The van der Waals surface area contributed by atoms with E-state index in [0.29, 0.717) is 0 Å². The molecule has 2 rings (SSSR count). The van der Waals surface area contributed by atoms with E-state index < -0.39 is 5.97 Å². The molecular weight excluding hydrogens is 227 g/mol. The topological polar surface area (TPSA) is 53.4 Å². The summed E-state index contributed by atoms with van der Waals surface area (Å²) < 4.78 is 0. The van der Waals surface area contributed by atoms with Gasteiger partial charge in [-0.3, -0.25) is 0 Å². The van der Waals surface area contributed by atoms with Crippen molar-refractivity contribution in [3.05, 3.63) is 11.6 Å². The van der Waals surface area contributed by atoms with Gasteiger partial charge in [0.25, 0.3) is 0 Å². The van der Waals surface area contributed by atoms with Gasteiger partial charge in [-0.2, -0.15) is 0 Å². The molecule has 1 saturated heterocycles. The van der Waals surface area contributed by atoms with Gasteiger partial charge in [0.1, 0.15) is 6.04 Å². The molecule has 0 bridgehead atoms. The molecule has 14 heavy (non-hydrogen) atoms. The average molecular weight is 237 g/mol. The Hall–Kier alpha value is 0.536. The van der Waals surface area contributed by atoms with Crippen LogP contribution >= 0.6 is 11.3 Å². The summed E-state index contributed by atoms with van der Waals surface area (Å²) >= 11 is 1.49. The second-order valence-corrected chi connectivity index (χ2v) is 3.88. The van der Waals surface area contributed by atoms with Crippen molar-refractivity contribution in [3.63, 3.8) is 0 Å². The molecule has 0 amide bonds. The second-order valence-electron chi connectivity index (χ2n) is 3.00. The van der Waals surface area contributed by atoms with E-state index in [1.807, 2.05) is 10.3 Å². The molecule has 1 N–H and O–H groups in total. The standard InChI is InChI=1S/C8H10N2O2S.K/c11-7(12)6-2-1-4-10(6)8-9-3-5-13-8;/h3,5-6H,1-2,4H2,(H,11,12);. The van der Waals surface area contributed by atoms with Crippen LogP contribution in [-0.2, 0) is 4.79 Å². The minimum Gasteiger partial charge on any atom is -0.480 e. The SMILES string of the molecule is O=C(O)C1CCCN1c1nccs1.[K]. The van der Waals surface area contributed by atoms with E-state index >= 15 is 0 Å². The van der Waals surface area contributed by atoms with Crippen LogP contribution in [-0.4, -0.2) is 80.0 Å². The Kier molecular flexibility index (Phi) is 5.02. The summed E-state index contributed by atoms with van der Waals surface area (Å²) in [6.07, 6.45) is 3.38. The Morgan fingerprint density at radius 1 is 1.71 bits per heavy atom. The number of carbonyl (C=O) groups is 1. The van der Waals surface area contributed by atoms with Gasteiger partial charge in [0.05, 0.1) is 0 Å². The first-order valence-corrected chi connectivity index (χ1v) is 5.06. The van der Waals surface area contributed by atoms with Gasteiger partial charge in [0.15, 0.2) is 5.13 Å². The molecular formula is C8H10KN2O2S. The zero-order chi connectivity index (χ0) is 9.26. The number of nitrogens with zero attached hydrogens (tertiary/aromatic N) is 2. The van der Waals surface area contributed by atoms with Gasteiger partial charge in [-0.1, -0.05) is 0 Å². The van der Waals surface area contributed by atoms with Gasteiger partial charge in [-0.15, -0.1) is 11.3 Å². The summed E-state index contributed by atoms with van der Waals surface area (Å²) in [6.45, 7) is 0.810. The zero-order valence-electron chi connectivity index (χ0n) is 8.01. The largest absolute Gasteiger partial charge is 0.480 e. The molecule has 1 aromatic heterocycles. The van der Waals surface area contributed by atoms with Crippen molar-refractivity contribution in [1.82, 2.24) is 4.98 Å². The predicted octanol–water partition coefficient (Wildman–Crippen LogP) is 0.816. The first-order chi connectivity index (χ1) is 6.29. The normalized spacial score (nSPS) is 20.6. The fraction of sp³-hybridized carbons (Fsp3) is 0.500. The van der Waals surface area contributed by atoms with Gasteiger partial charge in [-0.25, -0.2) is 9.78 Å². The first kappa shape index (κ1) is 12.6. The van der Waals surface area contributed by atoms with Crippen molar-refractivity contribution in [3.8, 4) is 0 Å². The summed E-state index contributed by atoms with van der Waals surface area (Å²) in [7, 11) is 0. The number of carboxylic acids is 1. The predicted molar refractivity (Wildman–Crippen MR) is 55.9 cm³/mol. The van der Waals surface area contributed by atoms with Gasteiger partial charge >= 0.3 is 5.97 Å². The van der Waals surface area contributed by atoms with Crippen molar-refractivity contribution in [1.29, 1.82) is 0 Å². The molecule has 2 heterocycles. The minimum atomic E-state index is -0.743. The molecule has 1 atom stereocenters. The van der Waals surface area contributed by atoms with Crippen LogP contribution in [0.15, 0.2) is 11.6 Å². The van der Waals surface area contributed by atoms with Gasteiger partial charge in [-0.05, 0) is 12.8 Å². The fourth-order valence-electron chi connectivity index (χ4n) is 1.61. The van der Waals surface area contributed by atoms with Gasteiger partial charge < -0.3 is 10.0 Å². The molecule has 1 unspecified atom stereocenters. The molecule has 0 aromatic carbocycles. The molecule has 1 radical (unpaired) electrons.